The van der Waals surface area contributed by atoms with Crippen molar-refractivity contribution in [3.05, 3.63) is 18.2 Å². The predicted octanol–water partition coefficient (Wildman–Crippen LogP) is 23.9. The molecule has 0 saturated carbocycles. The molecule has 0 fully saturated rings. The molecule has 0 radical (unpaired) electrons. The zero-order valence-electron chi connectivity index (χ0n) is 90.1. The van der Waals surface area contributed by atoms with E-state index in [9.17, 15) is 64.9 Å². The molecule has 0 aliphatic heterocycles. The van der Waals surface area contributed by atoms with Crippen LogP contribution in [0.3, 0.4) is 0 Å². The first-order valence-electron chi connectivity index (χ1n) is 53.2. The SMILES string of the molecule is CCN(CC)CCC[Si](C)(C)CCC[Si](C)(CCCCCCOc1cc(OCCCC[Si](C)(CCC[Si](C)(C)CCCN(CC)CC)CCC[Si](C)(C)CCCN(CC)CCS(=O)(=O)O)cc(OCCCC[Si](C)(CCC[Si](C)(C)CCCN(CCC=S)CCS(=O)(=O)O)CCC[Si](C)(C)CCCN(CCS(=O)(=O)O)CCS(=O)(=O)O)c1)CCC[Si](C)(C)CCCN(CC)CCS(=O)(=O)O. The van der Waals surface area contributed by atoms with Gasteiger partial charge in [0.25, 0.3) is 50.6 Å². The van der Waals surface area contributed by atoms with E-state index in [0.29, 0.717) is 52.4 Å². The third-order valence-corrected chi connectivity index (χ3v) is 68.3. The number of thiocarbonyl (C=S) groups is 1. The van der Waals surface area contributed by atoms with Gasteiger partial charge in [0.15, 0.2) is 0 Å². The van der Waals surface area contributed by atoms with Gasteiger partial charge in [-0.05, 0) is 148 Å². The van der Waals surface area contributed by atoms with Crippen molar-refractivity contribution in [2.75, 3.05) is 166 Å². The summed E-state index contributed by atoms with van der Waals surface area (Å²) in [7, 11) is -34.7. The van der Waals surface area contributed by atoms with Crippen LogP contribution in [0.5, 0.6) is 17.2 Å². The summed E-state index contributed by atoms with van der Waals surface area (Å²) in [5.74, 6) is 0.584. The highest BCUT2D eigenvalue weighted by Gasteiger charge is 2.35. The van der Waals surface area contributed by atoms with Crippen molar-refractivity contribution in [2.45, 2.75) is 402 Å². The molecule has 135 heavy (non-hydrogen) atoms. The summed E-state index contributed by atoms with van der Waals surface area (Å²) in [5.41, 5.74) is 0. The number of hydrogen-bond acceptors (Lipinski definition) is 20. The van der Waals surface area contributed by atoms with Crippen molar-refractivity contribution in [1.29, 1.82) is 0 Å². The maximum Gasteiger partial charge on any atom is 0.266 e. The Bertz CT molecular complexity index is 3860. The molecule has 0 saturated heterocycles. The predicted molar refractivity (Wildman–Crippen MR) is 609 cm³/mol. The Morgan fingerprint density at radius 3 is 0.637 bits per heavy atom. The molecule has 0 aliphatic carbocycles. The fraction of sp³-hybridized carbons (Fsp3) is 0.927. The minimum atomic E-state index is -4.26. The van der Waals surface area contributed by atoms with Crippen LogP contribution >= 0.6 is 12.2 Å². The monoisotopic (exact) mass is 2180 g/mol. The van der Waals surface area contributed by atoms with Gasteiger partial charge in [-0.3, -0.25) is 22.8 Å². The zero-order valence-corrected chi connectivity index (χ0v) is 104. The molecule has 39 heteroatoms. The molecule has 1 aromatic carbocycles. The third kappa shape index (κ3) is 74.5. The summed E-state index contributed by atoms with van der Waals surface area (Å²) in [6, 6.07) is 33.2. The van der Waals surface area contributed by atoms with E-state index in [1.165, 1.54) is 180 Å². The molecular weight excluding hydrogens is 1970 g/mol. The topological polar surface area (TPSA) is 319 Å². The molecule has 24 nitrogen and oxygen atoms in total. The Hall–Kier alpha value is -0.0281. The number of benzene rings is 1. The molecule has 0 heterocycles. The molecule has 0 aliphatic rings. The smallest absolute Gasteiger partial charge is 0.266 e. The molecule has 0 amide bonds. The third-order valence-electron chi connectivity index (χ3n) is 30.0. The Kier molecular flexibility index (Phi) is 67.5. The number of ether oxygens (including phenoxy) is 3. The van der Waals surface area contributed by atoms with Crippen LogP contribution in [-0.2, 0) is 50.6 Å². The van der Waals surface area contributed by atoms with E-state index in [0.717, 1.165) is 165 Å². The lowest BCUT2D eigenvalue weighted by atomic mass is 10.2. The van der Waals surface area contributed by atoms with E-state index < -0.39 is 135 Å². The average Bonchev–Trinajstić information content (AvgIpc) is 0.866. The molecular formula is C96H208N6O18S6Si9. The Morgan fingerprint density at radius 1 is 0.237 bits per heavy atom. The van der Waals surface area contributed by atoms with E-state index >= 15 is 0 Å². The molecule has 802 valence electrons. The van der Waals surface area contributed by atoms with Crippen molar-refractivity contribution >= 4 is 141 Å². The van der Waals surface area contributed by atoms with Crippen LogP contribution in [0, 0.1) is 0 Å². The first-order chi connectivity index (χ1) is 62.7. The van der Waals surface area contributed by atoms with E-state index in [1.54, 1.807) is 10.3 Å². The Labute approximate surface area is 845 Å². The first-order valence-corrected chi connectivity index (χ1v) is 91.6. The second-order valence-corrected chi connectivity index (χ2v) is 102. The van der Waals surface area contributed by atoms with E-state index in [1.807, 2.05) is 0 Å². The average molecular weight is 2180 g/mol. The van der Waals surface area contributed by atoms with Crippen molar-refractivity contribution in [1.82, 2.24) is 29.4 Å². The van der Waals surface area contributed by atoms with Crippen molar-refractivity contribution in [2.24, 2.45) is 0 Å². The van der Waals surface area contributed by atoms with Gasteiger partial charge in [0.2, 0.25) is 0 Å². The standard InChI is InChI=1S/C96H208N6O18S6Si9/c1-22-97(23-2)50-37-70-127(7,8)76-43-85-133(19,86-44-78-129(11,12)72-39-52-99(26-5)56-65-122(103,104)105)82-33-29-28-30-61-118-94-91-95(119-62-31-34-83-134(20,87-45-77-128(9,10)71-38-51-98(24-3)25-4)88-46-79-130(13,14)73-40-53-100(27-6)57-66-123(106,107)108)93-96(92-94)120-63-32-35-84-135(21,89-47-80-131(15,16)74-41-54-101(49-36-64-121)58-67-124(109,110)111)90-48-81-132(17,18)75-42-55-102(59-68-125(112,113)114)60-69-126(115,116)117/h64,91-93H,22-63,65-90H2,1-21H3,(H,103,104,105)(H,106,107,108)(H,109,110,111)(H,112,113,114)(H,115,116,117). The minimum absolute atomic E-state index is 0.0205. The normalized spacial score (nSPS) is 14.8. The molecule has 1 aromatic rings. The highest BCUT2D eigenvalue weighted by atomic mass is 32.2. The Morgan fingerprint density at radius 2 is 0.415 bits per heavy atom. The molecule has 0 spiro atoms. The van der Waals surface area contributed by atoms with Crippen molar-refractivity contribution < 1.29 is 79.1 Å². The number of hydrogen-bond donors (Lipinski definition) is 5. The van der Waals surface area contributed by atoms with Gasteiger partial charge in [-0.15, -0.1) is 0 Å². The van der Waals surface area contributed by atoms with Gasteiger partial charge in [-0.1, -0.05) is 350 Å². The molecule has 0 aromatic heterocycles. The fourth-order valence-corrected chi connectivity index (χ4v) is 51.7. The lowest BCUT2D eigenvalue weighted by Gasteiger charge is -2.32. The number of unbranched alkanes of at least 4 members (excludes halogenated alkanes) is 5. The summed E-state index contributed by atoms with van der Waals surface area (Å²) in [4.78, 5) is 13.3. The van der Waals surface area contributed by atoms with Crippen LogP contribution in [-0.4, -0.2) is 339 Å². The summed E-state index contributed by atoms with van der Waals surface area (Å²) >= 11 is 5.13. The van der Waals surface area contributed by atoms with Gasteiger partial charge in [0.1, 0.15) is 17.2 Å². The molecule has 3 unspecified atom stereocenters. The van der Waals surface area contributed by atoms with Gasteiger partial charge in [0.05, 0.1) is 72.8 Å². The van der Waals surface area contributed by atoms with Crippen LogP contribution in [0.15, 0.2) is 18.2 Å². The van der Waals surface area contributed by atoms with Crippen LogP contribution in [0.1, 0.15) is 176 Å². The fourth-order valence-electron chi connectivity index (χ4n) is 20.3. The summed E-state index contributed by atoms with van der Waals surface area (Å²) in [5, 5.41) is 1.69. The summed E-state index contributed by atoms with van der Waals surface area (Å²) in [6.45, 7) is 66.7. The highest BCUT2D eigenvalue weighted by molar-refractivity contribution is 7.86. The van der Waals surface area contributed by atoms with E-state index in [4.69, 9.17) is 26.4 Å². The van der Waals surface area contributed by atoms with E-state index in [2.05, 4.69) is 182 Å². The van der Waals surface area contributed by atoms with Crippen LogP contribution < -0.4 is 14.2 Å². The van der Waals surface area contributed by atoms with Gasteiger partial charge in [0, 0.05) is 106 Å². The van der Waals surface area contributed by atoms with E-state index in [-0.39, 0.29) is 36.9 Å². The van der Waals surface area contributed by atoms with Gasteiger partial charge >= 0.3 is 0 Å². The lowest BCUT2D eigenvalue weighted by molar-refractivity contribution is 0.278. The maximum atomic E-state index is 11.7. The van der Waals surface area contributed by atoms with Gasteiger partial charge in [-0.25, -0.2) is 0 Å². The van der Waals surface area contributed by atoms with Gasteiger partial charge < -0.3 is 43.6 Å². The largest absolute Gasteiger partial charge is 0.493 e. The van der Waals surface area contributed by atoms with Crippen molar-refractivity contribution in [3.8, 4) is 17.2 Å². The molecule has 3 atom stereocenters. The molecule has 0 bridgehead atoms. The maximum absolute atomic E-state index is 11.7. The second kappa shape index (κ2) is 68.5. The number of nitrogens with zero attached hydrogens (tertiary/aromatic N) is 6. The first kappa shape index (κ1) is 133. The van der Waals surface area contributed by atoms with Crippen LogP contribution in [0.25, 0.3) is 0 Å². The van der Waals surface area contributed by atoms with Crippen molar-refractivity contribution in [3.63, 3.8) is 0 Å². The minimum Gasteiger partial charge on any atom is -0.493 e. The van der Waals surface area contributed by atoms with Crippen LogP contribution in [0.2, 0.25) is 225 Å². The molecule has 5 N–H and O–H groups in total. The summed E-state index contributed by atoms with van der Waals surface area (Å²) < 4.78 is 185. The highest BCUT2D eigenvalue weighted by Crippen LogP contribution is 2.39. The van der Waals surface area contributed by atoms with Gasteiger partial charge in [-0.2, -0.15) is 42.1 Å². The zero-order chi connectivity index (χ0) is 102. The quantitative estimate of drug-likeness (QED) is 0.0175. The van der Waals surface area contributed by atoms with Crippen LogP contribution in [0.4, 0.5) is 0 Å². The second-order valence-electron chi connectivity index (χ2n) is 46.4. The lowest BCUT2D eigenvalue weighted by Crippen LogP contribution is -2.36. The molecule has 1 rings (SSSR count). The summed E-state index contributed by atoms with van der Waals surface area (Å²) in [6.07, 6.45) is 23.4. The Balaban J connectivity index is 3.71. The number of rotatable bonds is 92.